The molecule has 0 N–H and O–H groups in total. The number of rotatable bonds is 16. The van der Waals surface area contributed by atoms with Crippen LogP contribution in [0, 0.1) is 0 Å². The molecule has 0 amide bonds. The molecular formula is C29H37ClO6. The second kappa shape index (κ2) is 14.9. The maximum absolute atomic E-state index is 12.5. The summed E-state index contributed by atoms with van der Waals surface area (Å²) in [5.41, 5.74) is 0.322. The number of unbranched alkanes of at least 4 members (excludes halogenated alkanes) is 7. The summed E-state index contributed by atoms with van der Waals surface area (Å²) in [5.74, 6) is 0.315. The van der Waals surface area contributed by atoms with Crippen molar-refractivity contribution in [3.8, 4) is 17.2 Å². The van der Waals surface area contributed by atoms with E-state index in [4.69, 9.17) is 30.5 Å². The molecule has 0 spiro atoms. The summed E-state index contributed by atoms with van der Waals surface area (Å²) >= 11 is 6.33. The molecule has 0 aromatic heterocycles. The highest BCUT2D eigenvalue weighted by Crippen LogP contribution is 2.29. The van der Waals surface area contributed by atoms with Crippen molar-refractivity contribution in [3.05, 3.63) is 53.1 Å². The van der Waals surface area contributed by atoms with E-state index in [0.717, 1.165) is 25.7 Å². The van der Waals surface area contributed by atoms with Crippen LogP contribution < -0.4 is 14.2 Å². The first kappa shape index (κ1) is 28.0. The number of carbonyl (C=O) groups excluding carboxylic acids is 2. The van der Waals surface area contributed by atoms with Crippen LogP contribution >= 0.6 is 11.6 Å². The molecule has 2 aromatic rings. The van der Waals surface area contributed by atoms with Gasteiger partial charge in [0, 0.05) is 0 Å². The highest BCUT2D eigenvalue weighted by Gasteiger charge is 2.45. The van der Waals surface area contributed by atoms with Crippen LogP contribution in [-0.2, 0) is 9.53 Å². The van der Waals surface area contributed by atoms with Crippen LogP contribution in [0.1, 0.15) is 88.4 Å². The average molecular weight is 517 g/mol. The number of epoxide rings is 1. The third-order valence-corrected chi connectivity index (χ3v) is 6.36. The number of hydrogen-bond acceptors (Lipinski definition) is 6. The molecule has 1 fully saturated rings. The number of hydrogen-bond donors (Lipinski definition) is 0. The fourth-order valence-corrected chi connectivity index (χ4v) is 4.17. The lowest BCUT2D eigenvalue weighted by Gasteiger charge is -2.10. The fourth-order valence-electron chi connectivity index (χ4n) is 3.93. The lowest BCUT2D eigenvalue weighted by atomic mass is 10.1. The van der Waals surface area contributed by atoms with Crippen LogP contribution in [0.15, 0.2) is 42.5 Å². The Morgan fingerprint density at radius 1 is 0.833 bits per heavy atom. The van der Waals surface area contributed by atoms with Gasteiger partial charge in [-0.05, 0) is 55.3 Å². The van der Waals surface area contributed by atoms with Crippen LogP contribution in [0.3, 0.4) is 0 Å². The molecule has 1 unspecified atom stereocenters. The molecule has 1 aliphatic heterocycles. The minimum Gasteiger partial charge on any atom is -0.492 e. The lowest BCUT2D eigenvalue weighted by molar-refractivity contribution is -0.135. The molecule has 0 aliphatic carbocycles. The zero-order valence-corrected chi connectivity index (χ0v) is 22.1. The van der Waals surface area contributed by atoms with Crippen molar-refractivity contribution in [2.45, 2.75) is 90.3 Å². The molecule has 3 rings (SSSR count). The van der Waals surface area contributed by atoms with Gasteiger partial charge in [0.15, 0.2) is 6.10 Å². The summed E-state index contributed by atoms with van der Waals surface area (Å²) in [4.78, 5) is 24.6. The highest BCUT2D eigenvalue weighted by atomic mass is 35.5. The Labute approximate surface area is 219 Å². The normalized spacial score (nSPS) is 16.4. The first-order chi connectivity index (χ1) is 17.5. The van der Waals surface area contributed by atoms with E-state index in [-0.39, 0.29) is 6.10 Å². The van der Waals surface area contributed by atoms with Gasteiger partial charge in [0.2, 0.25) is 0 Å². The first-order valence-corrected chi connectivity index (χ1v) is 13.5. The predicted molar refractivity (Wildman–Crippen MR) is 140 cm³/mol. The number of carbonyl (C=O) groups is 2. The van der Waals surface area contributed by atoms with Gasteiger partial charge in [0.05, 0.1) is 23.3 Å². The molecule has 2 aromatic carbocycles. The average Bonchev–Trinajstić information content (AvgIpc) is 3.64. The van der Waals surface area contributed by atoms with Crippen molar-refractivity contribution < 1.29 is 28.5 Å². The Balaban J connectivity index is 1.39. The molecule has 6 nitrogen and oxygen atoms in total. The molecule has 36 heavy (non-hydrogen) atoms. The Bertz CT molecular complexity index is 974. The molecule has 1 aliphatic rings. The molecule has 0 saturated carbocycles. The summed E-state index contributed by atoms with van der Waals surface area (Å²) in [6.07, 6.45) is 11.1. The van der Waals surface area contributed by atoms with E-state index < -0.39 is 18.0 Å². The topological polar surface area (TPSA) is 74.4 Å². The third-order valence-electron chi connectivity index (χ3n) is 6.06. The molecule has 0 bridgehead atoms. The quantitative estimate of drug-likeness (QED) is 0.0991. The van der Waals surface area contributed by atoms with Gasteiger partial charge in [-0.25, -0.2) is 9.59 Å². The fraction of sp³-hybridized carbons (Fsp3) is 0.517. The van der Waals surface area contributed by atoms with Gasteiger partial charge in [-0.15, -0.1) is 0 Å². The molecule has 196 valence electrons. The maximum Gasteiger partial charge on any atom is 0.343 e. The van der Waals surface area contributed by atoms with Crippen molar-refractivity contribution in [2.24, 2.45) is 0 Å². The molecule has 0 radical (unpaired) electrons. The molecule has 1 heterocycles. The van der Waals surface area contributed by atoms with Gasteiger partial charge in [-0.1, -0.05) is 76.8 Å². The third kappa shape index (κ3) is 9.14. The van der Waals surface area contributed by atoms with E-state index in [1.54, 1.807) is 42.5 Å². The number of benzene rings is 2. The van der Waals surface area contributed by atoms with E-state index in [0.29, 0.717) is 34.4 Å². The van der Waals surface area contributed by atoms with Crippen LogP contribution in [0.25, 0.3) is 0 Å². The van der Waals surface area contributed by atoms with E-state index in [1.807, 2.05) is 6.92 Å². The van der Waals surface area contributed by atoms with Crippen LogP contribution in [0.2, 0.25) is 5.02 Å². The summed E-state index contributed by atoms with van der Waals surface area (Å²) in [7, 11) is 0. The van der Waals surface area contributed by atoms with Crippen LogP contribution in [0.4, 0.5) is 0 Å². The highest BCUT2D eigenvalue weighted by molar-refractivity contribution is 6.32. The molecule has 7 heteroatoms. The minimum absolute atomic E-state index is 0.0450. The molecular weight excluding hydrogens is 480 g/mol. The molecule has 1 saturated heterocycles. The Morgan fingerprint density at radius 2 is 1.47 bits per heavy atom. The number of ether oxygens (including phenoxy) is 4. The second-order valence-corrected chi connectivity index (χ2v) is 9.54. The Kier molecular flexibility index (Phi) is 11.6. The van der Waals surface area contributed by atoms with Crippen molar-refractivity contribution >= 4 is 23.5 Å². The SMILES string of the molecule is CCCCCCCCCCOc1ccc(C(=O)Oc2ccc(OC(=O)C3O[C@@H]3CCC)cc2)cc1Cl. The summed E-state index contributed by atoms with van der Waals surface area (Å²) in [6.45, 7) is 4.87. The van der Waals surface area contributed by atoms with E-state index >= 15 is 0 Å². The first-order valence-electron chi connectivity index (χ1n) is 13.1. The largest absolute Gasteiger partial charge is 0.492 e. The zero-order valence-electron chi connectivity index (χ0n) is 21.3. The number of esters is 2. The van der Waals surface area contributed by atoms with Gasteiger partial charge in [0.1, 0.15) is 17.2 Å². The van der Waals surface area contributed by atoms with E-state index in [9.17, 15) is 9.59 Å². The zero-order chi connectivity index (χ0) is 25.8. The van der Waals surface area contributed by atoms with Gasteiger partial charge in [-0.3, -0.25) is 0 Å². The van der Waals surface area contributed by atoms with Crippen molar-refractivity contribution in [3.63, 3.8) is 0 Å². The minimum atomic E-state index is -0.537. The van der Waals surface area contributed by atoms with Gasteiger partial charge < -0.3 is 18.9 Å². The lowest BCUT2D eigenvalue weighted by Crippen LogP contribution is -2.17. The summed E-state index contributed by atoms with van der Waals surface area (Å²) < 4.78 is 21.9. The summed E-state index contributed by atoms with van der Waals surface area (Å²) in [6, 6.07) is 11.2. The van der Waals surface area contributed by atoms with Crippen molar-refractivity contribution in [1.29, 1.82) is 0 Å². The second-order valence-electron chi connectivity index (χ2n) is 9.13. The molecule has 2 atom stereocenters. The standard InChI is InChI=1S/C29H37ClO6/c1-3-5-6-7-8-9-10-11-19-33-25-18-13-21(20-24(25)30)28(31)34-22-14-16-23(17-15-22)35-29(32)27-26(36-27)12-4-2/h13-18,20,26-27H,3-12,19H2,1-2H3/t26-,27?/m1/s1. The van der Waals surface area contributed by atoms with Gasteiger partial charge in [0.25, 0.3) is 0 Å². The van der Waals surface area contributed by atoms with Crippen LogP contribution in [-0.4, -0.2) is 30.8 Å². The Morgan fingerprint density at radius 3 is 2.11 bits per heavy atom. The van der Waals surface area contributed by atoms with Crippen molar-refractivity contribution in [2.75, 3.05) is 6.61 Å². The Hall–Kier alpha value is -2.57. The smallest absolute Gasteiger partial charge is 0.343 e. The maximum atomic E-state index is 12.5. The number of halogens is 1. The van der Waals surface area contributed by atoms with E-state index in [2.05, 4.69) is 6.92 Å². The van der Waals surface area contributed by atoms with Gasteiger partial charge >= 0.3 is 11.9 Å². The van der Waals surface area contributed by atoms with Crippen LogP contribution in [0.5, 0.6) is 17.2 Å². The van der Waals surface area contributed by atoms with E-state index in [1.165, 1.54) is 38.5 Å². The summed E-state index contributed by atoms with van der Waals surface area (Å²) in [5, 5.41) is 0.370. The monoisotopic (exact) mass is 516 g/mol. The predicted octanol–water partition coefficient (Wildman–Crippen LogP) is 7.55. The van der Waals surface area contributed by atoms with Crippen molar-refractivity contribution in [1.82, 2.24) is 0 Å². The van der Waals surface area contributed by atoms with Gasteiger partial charge in [-0.2, -0.15) is 0 Å².